The Labute approximate surface area is 110 Å². The van der Waals surface area contributed by atoms with Gasteiger partial charge in [-0.15, -0.1) is 0 Å². The van der Waals surface area contributed by atoms with Crippen molar-refractivity contribution in [3.05, 3.63) is 0 Å². The molecular formula is C15H26O3. The number of esters is 1. The fraction of sp³-hybridized carbons (Fsp3) is 0.933. The van der Waals surface area contributed by atoms with Crippen LogP contribution in [0.2, 0.25) is 0 Å². The highest BCUT2D eigenvalue weighted by molar-refractivity contribution is 5.85. The van der Waals surface area contributed by atoms with Crippen LogP contribution in [0.25, 0.3) is 0 Å². The van der Waals surface area contributed by atoms with Crippen LogP contribution in [-0.4, -0.2) is 23.8 Å². The summed E-state index contributed by atoms with van der Waals surface area (Å²) in [4.78, 5) is 12.2. The molecule has 3 unspecified atom stereocenters. The molecule has 0 aromatic rings. The smallest absolute Gasteiger partial charge is 0.341 e. The third-order valence-electron chi connectivity index (χ3n) is 4.93. The minimum atomic E-state index is -0.654. The van der Waals surface area contributed by atoms with Gasteiger partial charge in [-0.2, -0.15) is 0 Å². The molecule has 0 aromatic heterocycles. The topological polar surface area (TPSA) is 38.8 Å². The molecule has 0 N–H and O–H groups in total. The van der Waals surface area contributed by atoms with Gasteiger partial charge in [0.25, 0.3) is 0 Å². The fourth-order valence-corrected chi connectivity index (χ4v) is 3.88. The van der Waals surface area contributed by atoms with Crippen molar-refractivity contribution in [2.24, 2.45) is 11.3 Å². The Balaban J connectivity index is 2.18. The predicted molar refractivity (Wildman–Crippen MR) is 70.3 cm³/mol. The summed E-state index contributed by atoms with van der Waals surface area (Å²) in [5.74, 6) is 0.268. The zero-order valence-corrected chi connectivity index (χ0v) is 12.3. The third-order valence-corrected chi connectivity index (χ3v) is 4.93. The van der Waals surface area contributed by atoms with E-state index in [4.69, 9.17) is 9.47 Å². The maximum Gasteiger partial charge on any atom is 0.341 e. The van der Waals surface area contributed by atoms with Gasteiger partial charge in [0.15, 0.2) is 5.60 Å². The second kappa shape index (κ2) is 4.22. The first-order valence-electron chi connectivity index (χ1n) is 7.21. The van der Waals surface area contributed by atoms with E-state index >= 15 is 0 Å². The molecule has 0 aromatic carbocycles. The van der Waals surface area contributed by atoms with E-state index < -0.39 is 5.60 Å². The molecule has 2 fully saturated rings. The van der Waals surface area contributed by atoms with Crippen LogP contribution >= 0.6 is 0 Å². The van der Waals surface area contributed by atoms with Crippen molar-refractivity contribution in [3.8, 4) is 0 Å². The molecule has 3 heteroatoms. The van der Waals surface area contributed by atoms with Crippen molar-refractivity contribution < 1.29 is 14.3 Å². The predicted octanol–water partition coefficient (Wildman–Crippen LogP) is 3.31. The first-order chi connectivity index (χ1) is 8.33. The van der Waals surface area contributed by atoms with Gasteiger partial charge >= 0.3 is 5.97 Å². The Morgan fingerprint density at radius 2 is 2.00 bits per heavy atom. The molecule has 1 spiro atoms. The van der Waals surface area contributed by atoms with Crippen LogP contribution in [0.3, 0.4) is 0 Å². The van der Waals surface area contributed by atoms with Gasteiger partial charge in [-0.1, -0.05) is 27.7 Å². The van der Waals surface area contributed by atoms with Crippen molar-refractivity contribution in [2.45, 2.75) is 71.5 Å². The number of hydrogen-bond acceptors (Lipinski definition) is 3. The zero-order valence-electron chi connectivity index (χ0n) is 12.3. The second-order valence-corrected chi connectivity index (χ2v) is 6.66. The average molecular weight is 254 g/mol. The lowest BCUT2D eigenvalue weighted by molar-refractivity contribution is -0.149. The molecule has 0 radical (unpaired) electrons. The summed E-state index contributed by atoms with van der Waals surface area (Å²) in [6.07, 6.45) is 3.94. The molecule has 0 bridgehead atoms. The van der Waals surface area contributed by atoms with Crippen LogP contribution in [0.5, 0.6) is 0 Å². The lowest BCUT2D eigenvalue weighted by atomic mass is 9.63. The van der Waals surface area contributed by atoms with E-state index in [-0.39, 0.29) is 11.6 Å². The number of rotatable bonds is 3. The van der Waals surface area contributed by atoms with E-state index in [1.54, 1.807) is 0 Å². The standard InChI is InChI=1S/C15H26O3/c1-6-14(12(16)17-7-2)15(18-14)9-8-13(4,5)10-11(15)3/h11H,6-10H2,1-5H3. The Morgan fingerprint density at radius 1 is 1.33 bits per heavy atom. The van der Waals surface area contributed by atoms with Crippen LogP contribution in [0.15, 0.2) is 0 Å². The summed E-state index contributed by atoms with van der Waals surface area (Å²) in [6.45, 7) is 11.1. The molecule has 2 rings (SSSR count). The van der Waals surface area contributed by atoms with Gasteiger partial charge in [0.05, 0.1) is 6.61 Å². The van der Waals surface area contributed by atoms with E-state index in [1.165, 1.54) is 0 Å². The van der Waals surface area contributed by atoms with Gasteiger partial charge < -0.3 is 9.47 Å². The molecule has 1 saturated carbocycles. The first kappa shape index (κ1) is 13.9. The summed E-state index contributed by atoms with van der Waals surface area (Å²) >= 11 is 0. The molecule has 2 aliphatic rings. The van der Waals surface area contributed by atoms with E-state index in [0.29, 0.717) is 17.9 Å². The highest BCUT2D eigenvalue weighted by Gasteiger charge is 2.77. The van der Waals surface area contributed by atoms with Gasteiger partial charge in [0, 0.05) is 0 Å². The van der Waals surface area contributed by atoms with Crippen molar-refractivity contribution >= 4 is 5.97 Å². The first-order valence-corrected chi connectivity index (χ1v) is 7.21. The van der Waals surface area contributed by atoms with Crippen LogP contribution in [-0.2, 0) is 14.3 Å². The quantitative estimate of drug-likeness (QED) is 0.573. The normalized spacial score (nSPS) is 41.7. The van der Waals surface area contributed by atoms with Gasteiger partial charge in [-0.3, -0.25) is 0 Å². The minimum absolute atomic E-state index is 0.154. The van der Waals surface area contributed by atoms with E-state index in [1.807, 2.05) is 13.8 Å². The van der Waals surface area contributed by atoms with Gasteiger partial charge in [0.2, 0.25) is 0 Å². The summed E-state index contributed by atoms with van der Waals surface area (Å²) in [5, 5.41) is 0. The average Bonchev–Trinajstić information content (AvgIpc) is 2.96. The fourth-order valence-electron chi connectivity index (χ4n) is 3.88. The third kappa shape index (κ3) is 1.78. The number of epoxide rings is 1. The van der Waals surface area contributed by atoms with Gasteiger partial charge in [0.1, 0.15) is 5.60 Å². The molecule has 18 heavy (non-hydrogen) atoms. The van der Waals surface area contributed by atoms with E-state index in [9.17, 15) is 4.79 Å². The van der Waals surface area contributed by atoms with Gasteiger partial charge in [-0.25, -0.2) is 4.79 Å². The number of hydrogen-bond donors (Lipinski definition) is 0. The summed E-state index contributed by atoms with van der Waals surface area (Å²) < 4.78 is 11.3. The summed E-state index contributed by atoms with van der Waals surface area (Å²) in [7, 11) is 0. The Kier molecular flexibility index (Phi) is 3.25. The maximum absolute atomic E-state index is 12.2. The van der Waals surface area contributed by atoms with Crippen LogP contribution in [0.1, 0.15) is 60.3 Å². The van der Waals surface area contributed by atoms with Gasteiger partial charge in [-0.05, 0) is 43.9 Å². The largest absolute Gasteiger partial charge is 0.464 e. The number of carbonyl (C=O) groups is 1. The molecule has 0 amide bonds. The van der Waals surface area contributed by atoms with Crippen molar-refractivity contribution in [1.29, 1.82) is 0 Å². The molecular weight excluding hydrogens is 228 g/mol. The monoisotopic (exact) mass is 254 g/mol. The number of carbonyl (C=O) groups excluding carboxylic acids is 1. The van der Waals surface area contributed by atoms with Crippen LogP contribution in [0.4, 0.5) is 0 Å². The highest BCUT2D eigenvalue weighted by Crippen LogP contribution is 2.63. The molecule has 1 saturated heterocycles. The van der Waals surface area contributed by atoms with Crippen molar-refractivity contribution in [1.82, 2.24) is 0 Å². The summed E-state index contributed by atoms with van der Waals surface area (Å²) in [5.41, 5.74) is -0.535. The minimum Gasteiger partial charge on any atom is -0.464 e. The molecule has 104 valence electrons. The maximum atomic E-state index is 12.2. The second-order valence-electron chi connectivity index (χ2n) is 6.66. The summed E-state index contributed by atoms with van der Waals surface area (Å²) in [6, 6.07) is 0. The zero-order chi connectivity index (χ0) is 13.6. The van der Waals surface area contributed by atoms with Crippen molar-refractivity contribution in [3.63, 3.8) is 0 Å². The van der Waals surface area contributed by atoms with Crippen molar-refractivity contribution in [2.75, 3.05) is 6.61 Å². The Hall–Kier alpha value is -0.570. The molecule has 1 aliphatic heterocycles. The van der Waals surface area contributed by atoms with E-state index in [2.05, 4.69) is 20.8 Å². The number of ether oxygens (including phenoxy) is 2. The van der Waals surface area contributed by atoms with Crippen LogP contribution < -0.4 is 0 Å². The Bertz CT molecular complexity index is 350. The molecule has 1 aliphatic carbocycles. The lowest BCUT2D eigenvalue weighted by Gasteiger charge is -2.39. The molecule has 3 nitrogen and oxygen atoms in total. The molecule has 3 atom stereocenters. The Morgan fingerprint density at radius 3 is 2.50 bits per heavy atom. The SMILES string of the molecule is CCOC(=O)C1(CC)OC12CCC(C)(C)CC2C. The highest BCUT2D eigenvalue weighted by atomic mass is 16.7. The van der Waals surface area contributed by atoms with Crippen LogP contribution in [0, 0.1) is 11.3 Å². The lowest BCUT2D eigenvalue weighted by Crippen LogP contribution is -2.44. The molecule has 1 heterocycles. The van der Waals surface area contributed by atoms with E-state index in [0.717, 1.165) is 25.7 Å².